The molecule has 1 heterocycles. The number of primary sulfonamides is 1. The molecule has 3 amide bonds. The van der Waals surface area contributed by atoms with Crippen LogP contribution in [0, 0.1) is 6.92 Å². The van der Waals surface area contributed by atoms with Crippen molar-refractivity contribution in [2.45, 2.75) is 11.8 Å². The van der Waals surface area contributed by atoms with Crippen LogP contribution in [0.4, 0.5) is 21.3 Å². The van der Waals surface area contributed by atoms with Crippen LogP contribution in [0.3, 0.4) is 0 Å². The highest BCUT2D eigenvalue weighted by Gasteiger charge is 2.18. The summed E-state index contributed by atoms with van der Waals surface area (Å²) in [6.45, 7) is 1.64. The van der Waals surface area contributed by atoms with Crippen molar-refractivity contribution in [1.29, 1.82) is 0 Å². The lowest BCUT2D eigenvalue weighted by atomic mass is 10.3. The van der Waals surface area contributed by atoms with Crippen molar-refractivity contribution < 1.29 is 22.7 Å². The molecule has 0 atom stereocenters. The molecule has 0 aliphatic carbocycles. The molecule has 0 aliphatic heterocycles. The first kappa shape index (κ1) is 22.2. The van der Waals surface area contributed by atoms with E-state index in [-0.39, 0.29) is 10.0 Å². The Morgan fingerprint density at radius 1 is 1.03 bits per heavy atom. The summed E-state index contributed by atoms with van der Waals surface area (Å²) in [7, 11) is -2.32. The molecule has 0 saturated carbocycles. The first-order chi connectivity index (χ1) is 14.7. The smallest absolute Gasteiger partial charge is 0.325 e. The van der Waals surface area contributed by atoms with Gasteiger partial charge in [-0.2, -0.15) is 0 Å². The van der Waals surface area contributed by atoms with Gasteiger partial charge in [-0.3, -0.25) is 10.1 Å². The Morgan fingerprint density at radius 3 is 2.35 bits per heavy atom. The van der Waals surface area contributed by atoms with Gasteiger partial charge < -0.3 is 15.4 Å². The number of sulfonamides is 1. The molecule has 1 aromatic heterocycles. The number of nitrogens with zero attached hydrogens (tertiary/aromatic N) is 1. The van der Waals surface area contributed by atoms with Gasteiger partial charge in [-0.25, -0.2) is 23.3 Å². The van der Waals surface area contributed by atoms with E-state index in [4.69, 9.17) is 9.88 Å². The Labute approximate surface area is 182 Å². The molecule has 0 aliphatic rings. The number of urea groups is 1. The van der Waals surface area contributed by atoms with Gasteiger partial charge in [-0.1, -0.05) is 23.5 Å². The average molecular weight is 462 g/mol. The second kappa shape index (κ2) is 9.12. The largest absolute Gasteiger partial charge is 0.495 e. The fourth-order valence-corrected chi connectivity index (χ4v) is 3.95. The fraction of sp³-hybridized carbons (Fsp3) is 0.105. The minimum absolute atomic E-state index is 0.0629. The number of aromatic nitrogens is 1. The summed E-state index contributed by atoms with van der Waals surface area (Å²) in [4.78, 5) is 29.3. The molecule has 10 nitrogen and oxygen atoms in total. The molecular weight excluding hydrogens is 442 g/mol. The maximum atomic E-state index is 12.6. The minimum Gasteiger partial charge on any atom is -0.495 e. The molecule has 0 saturated heterocycles. The van der Waals surface area contributed by atoms with E-state index < -0.39 is 22.0 Å². The third kappa shape index (κ3) is 5.57. The number of methoxy groups -OCH3 is 1. The molecule has 0 radical (unpaired) electrons. The van der Waals surface area contributed by atoms with Crippen LogP contribution in [-0.4, -0.2) is 32.4 Å². The molecule has 0 unspecified atom stereocenters. The van der Waals surface area contributed by atoms with E-state index in [1.165, 1.54) is 31.4 Å². The summed E-state index contributed by atoms with van der Waals surface area (Å²) in [5.41, 5.74) is 1.29. The van der Waals surface area contributed by atoms with Crippen molar-refractivity contribution in [2.24, 2.45) is 5.14 Å². The number of amides is 3. The van der Waals surface area contributed by atoms with Crippen molar-refractivity contribution in [3.63, 3.8) is 0 Å². The topological polar surface area (TPSA) is 153 Å². The van der Waals surface area contributed by atoms with E-state index >= 15 is 0 Å². The summed E-state index contributed by atoms with van der Waals surface area (Å²) in [5.74, 6) is 0.0537. The zero-order chi connectivity index (χ0) is 22.6. The van der Waals surface area contributed by atoms with Crippen LogP contribution in [0.5, 0.6) is 5.75 Å². The van der Waals surface area contributed by atoms with Gasteiger partial charge in [0.05, 0.1) is 23.4 Å². The molecule has 0 spiro atoms. The van der Waals surface area contributed by atoms with Crippen molar-refractivity contribution in [2.75, 3.05) is 23.1 Å². The average Bonchev–Trinajstić information content (AvgIpc) is 3.08. The summed E-state index contributed by atoms with van der Waals surface area (Å²) in [6.07, 6.45) is 0. The van der Waals surface area contributed by atoms with Crippen LogP contribution in [0.2, 0.25) is 0 Å². The predicted molar refractivity (Wildman–Crippen MR) is 118 cm³/mol. The number of thiazole rings is 1. The zero-order valence-electron chi connectivity index (χ0n) is 16.5. The number of benzene rings is 2. The van der Waals surface area contributed by atoms with Crippen LogP contribution >= 0.6 is 11.3 Å². The van der Waals surface area contributed by atoms with E-state index in [9.17, 15) is 18.0 Å². The normalized spacial score (nSPS) is 10.9. The number of hydrogen-bond acceptors (Lipinski definition) is 7. The van der Waals surface area contributed by atoms with Crippen molar-refractivity contribution in [1.82, 2.24) is 4.98 Å². The molecule has 2 aromatic carbocycles. The SMILES string of the molecule is COc1ccccc1NC(=O)Nc1nc(C)c(C(=O)Nc2ccc(S(N)(=O)=O)cc2)s1. The number of nitrogens with one attached hydrogen (secondary N) is 3. The van der Waals surface area contributed by atoms with Gasteiger partial charge in [0, 0.05) is 5.69 Å². The summed E-state index contributed by atoms with van der Waals surface area (Å²) >= 11 is 1.00. The summed E-state index contributed by atoms with van der Waals surface area (Å²) < 4.78 is 27.8. The molecular formula is C19H19N5O5S2. The molecule has 162 valence electrons. The zero-order valence-corrected chi connectivity index (χ0v) is 18.1. The van der Waals surface area contributed by atoms with Crippen LogP contribution in [0.15, 0.2) is 53.4 Å². The van der Waals surface area contributed by atoms with Gasteiger partial charge in [-0.05, 0) is 43.3 Å². The quantitative estimate of drug-likeness (QED) is 0.443. The monoisotopic (exact) mass is 461 g/mol. The van der Waals surface area contributed by atoms with Crippen molar-refractivity contribution in [3.05, 3.63) is 59.1 Å². The number of anilines is 3. The predicted octanol–water partition coefficient (Wildman–Crippen LogP) is 3.00. The van der Waals surface area contributed by atoms with Crippen LogP contribution in [0.1, 0.15) is 15.4 Å². The minimum atomic E-state index is -3.82. The second-order valence-corrected chi connectivity index (χ2v) is 8.80. The molecule has 3 aromatic rings. The summed E-state index contributed by atoms with van der Waals surface area (Å²) in [5, 5.41) is 13.2. The van der Waals surface area contributed by atoms with Gasteiger partial charge in [-0.15, -0.1) is 0 Å². The van der Waals surface area contributed by atoms with Crippen molar-refractivity contribution in [3.8, 4) is 5.75 Å². The molecule has 31 heavy (non-hydrogen) atoms. The van der Waals surface area contributed by atoms with Crippen LogP contribution in [-0.2, 0) is 10.0 Å². The van der Waals surface area contributed by atoms with E-state index in [1.54, 1.807) is 31.2 Å². The van der Waals surface area contributed by atoms with E-state index in [0.29, 0.717) is 27.7 Å². The third-order valence-electron chi connectivity index (χ3n) is 4.02. The van der Waals surface area contributed by atoms with E-state index in [0.717, 1.165) is 11.3 Å². The Balaban J connectivity index is 1.67. The fourth-order valence-electron chi connectivity index (χ4n) is 2.57. The molecule has 0 bridgehead atoms. The van der Waals surface area contributed by atoms with Crippen LogP contribution in [0.25, 0.3) is 0 Å². The highest BCUT2D eigenvalue weighted by molar-refractivity contribution is 7.89. The molecule has 12 heteroatoms. The lowest BCUT2D eigenvalue weighted by Crippen LogP contribution is -2.19. The summed E-state index contributed by atoms with van der Waals surface area (Å²) in [6, 6.07) is 11.8. The molecule has 0 fully saturated rings. The number of para-hydroxylation sites is 2. The first-order valence-corrected chi connectivity index (χ1v) is 11.2. The lowest BCUT2D eigenvalue weighted by molar-refractivity contribution is 0.102. The highest BCUT2D eigenvalue weighted by Crippen LogP contribution is 2.26. The maximum Gasteiger partial charge on any atom is 0.325 e. The van der Waals surface area contributed by atoms with E-state index in [1.807, 2.05) is 0 Å². The number of carbonyl (C=O) groups is 2. The maximum absolute atomic E-state index is 12.6. The number of nitrogens with two attached hydrogens (primary N) is 1. The Bertz CT molecular complexity index is 1220. The van der Waals surface area contributed by atoms with Gasteiger partial charge >= 0.3 is 6.03 Å². The number of ether oxygens (including phenoxy) is 1. The van der Waals surface area contributed by atoms with Gasteiger partial charge in [0.1, 0.15) is 10.6 Å². The van der Waals surface area contributed by atoms with E-state index in [2.05, 4.69) is 20.9 Å². The van der Waals surface area contributed by atoms with Gasteiger partial charge in [0.15, 0.2) is 5.13 Å². The Kier molecular flexibility index (Phi) is 6.53. The Morgan fingerprint density at radius 2 is 1.71 bits per heavy atom. The van der Waals surface area contributed by atoms with Gasteiger partial charge in [0.25, 0.3) is 5.91 Å². The molecule has 5 N–H and O–H groups in total. The standard InChI is InChI=1S/C19H19N5O5S2/c1-11-16(17(25)22-12-7-9-13(10-8-12)31(20,27)28)30-19(21-11)24-18(26)23-14-5-3-4-6-15(14)29-2/h3-10H,1-2H3,(H,22,25)(H2,20,27,28)(H2,21,23,24,26). The van der Waals surface area contributed by atoms with Gasteiger partial charge in [0.2, 0.25) is 10.0 Å². The number of hydrogen-bond donors (Lipinski definition) is 4. The highest BCUT2D eigenvalue weighted by atomic mass is 32.2. The Hall–Kier alpha value is -3.48. The number of rotatable bonds is 6. The van der Waals surface area contributed by atoms with Crippen molar-refractivity contribution >= 4 is 49.8 Å². The number of aryl methyl sites for hydroxylation is 1. The third-order valence-corrected chi connectivity index (χ3v) is 6.02. The number of carbonyl (C=O) groups excluding carboxylic acids is 2. The second-order valence-electron chi connectivity index (χ2n) is 6.24. The first-order valence-electron chi connectivity index (χ1n) is 8.80. The van der Waals surface area contributed by atoms with Crippen LogP contribution < -0.4 is 25.8 Å². The lowest BCUT2D eigenvalue weighted by Gasteiger charge is -2.09. The molecule has 3 rings (SSSR count).